The molecule has 0 aliphatic carbocycles. The number of sulfone groups is 1. The van der Waals surface area contributed by atoms with Gasteiger partial charge in [0.2, 0.25) is 0 Å². The van der Waals surface area contributed by atoms with Crippen LogP contribution in [0.25, 0.3) is 0 Å². The van der Waals surface area contributed by atoms with Gasteiger partial charge in [0.1, 0.15) is 6.61 Å². The first-order valence-corrected chi connectivity index (χ1v) is 5.90. The van der Waals surface area contributed by atoms with E-state index in [2.05, 4.69) is 4.74 Å². The molecule has 0 spiro atoms. The largest absolute Gasteiger partial charge is 0.461 e. The molecule has 0 heterocycles. The molecule has 0 aromatic heterocycles. The number of esters is 1. The van der Waals surface area contributed by atoms with Gasteiger partial charge in [-0.1, -0.05) is 0 Å². The lowest BCUT2D eigenvalue weighted by atomic mass is 10.4. The van der Waals surface area contributed by atoms with Crippen molar-refractivity contribution in [1.29, 1.82) is 0 Å². The third-order valence-corrected chi connectivity index (χ3v) is 2.06. The Bertz CT molecular complexity index is 339. The molecule has 0 atom stereocenters. The highest BCUT2D eigenvalue weighted by Gasteiger charge is 2.03. The van der Waals surface area contributed by atoms with E-state index in [0.717, 1.165) is 18.4 Å². The minimum Gasteiger partial charge on any atom is -0.461 e. The van der Waals surface area contributed by atoms with Crippen LogP contribution in [-0.2, 0) is 24.2 Å². The lowest BCUT2D eigenvalue weighted by molar-refractivity contribution is -0.137. The monoisotopic (exact) mass is 220 g/mol. The lowest BCUT2D eigenvalue weighted by Gasteiger charge is -1.99. The number of hydrogen-bond donors (Lipinski definition) is 0. The van der Waals surface area contributed by atoms with Gasteiger partial charge in [-0.2, -0.15) is 0 Å². The fourth-order valence-electron chi connectivity index (χ4n) is 0.527. The molecule has 0 bridgehead atoms. The smallest absolute Gasteiger partial charge is 0.330 e. The highest BCUT2D eigenvalue weighted by molar-refractivity contribution is 7.90. The summed E-state index contributed by atoms with van der Waals surface area (Å²) in [5.74, 6) is -1.21. The van der Waals surface area contributed by atoms with Gasteiger partial charge in [0.05, 0.1) is 5.75 Å². The van der Waals surface area contributed by atoms with Crippen molar-refractivity contribution in [2.24, 2.45) is 0 Å². The average molecular weight is 220 g/mol. The van der Waals surface area contributed by atoms with Crippen LogP contribution >= 0.6 is 0 Å². The highest BCUT2D eigenvalue weighted by Crippen LogP contribution is 1.87. The molecule has 0 rings (SSSR count). The fraction of sp³-hybridized carbons (Fsp3) is 0.500. The van der Waals surface area contributed by atoms with E-state index in [1.807, 2.05) is 0 Å². The van der Waals surface area contributed by atoms with Crippen LogP contribution in [-0.4, -0.2) is 38.8 Å². The first kappa shape index (κ1) is 12.8. The molecule has 6 heteroatoms. The predicted molar refractivity (Wildman–Crippen MR) is 50.5 cm³/mol. The summed E-state index contributed by atoms with van der Waals surface area (Å²) >= 11 is 0. The number of carbonyl (C=O) groups excluding carboxylic acids is 2. The lowest BCUT2D eigenvalue weighted by Crippen LogP contribution is -2.12. The van der Waals surface area contributed by atoms with Gasteiger partial charge in [-0.15, -0.1) is 0 Å². The molecule has 0 aromatic rings. The zero-order valence-corrected chi connectivity index (χ0v) is 8.83. The number of allylic oxidation sites excluding steroid dienone is 1. The second kappa shape index (κ2) is 5.54. The Morgan fingerprint density at radius 2 is 1.86 bits per heavy atom. The Hall–Kier alpha value is -1.17. The maximum Gasteiger partial charge on any atom is 0.330 e. The molecule has 0 N–H and O–H groups in total. The van der Waals surface area contributed by atoms with Crippen molar-refractivity contribution in [3.63, 3.8) is 0 Å². The molecule has 80 valence electrons. The molecule has 0 aliphatic rings. The van der Waals surface area contributed by atoms with Crippen LogP contribution in [0, 0.1) is 0 Å². The maximum absolute atomic E-state index is 10.8. The first-order valence-electron chi connectivity index (χ1n) is 3.84. The number of ether oxygens (including phenoxy) is 1. The van der Waals surface area contributed by atoms with Gasteiger partial charge in [0.25, 0.3) is 0 Å². The molecule has 5 nitrogen and oxygen atoms in total. The van der Waals surface area contributed by atoms with Gasteiger partial charge in [-0.25, -0.2) is 13.2 Å². The minimum atomic E-state index is -3.12. The zero-order chi connectivity index (χ0) is 11.2. The Kier molecular flexibility index (Phi) is 5.07. The number of rotatable bonds is 5. The third-order valence-electron chi connectivity index (χ3n) is 1.15. The molecule has 0 aliphatic heterocycles. The topological polar surface area (TPSA) is 77.5 Å². The summed E-state index contributed by atoms with van der Waals surface area (Å²) in [6, 6.07) is 0. The van der Waals surface area contributed by atoms with Gasteiger partial charge in [0, 0.05) is 12.3 Å². The fourth-order valence-corrected chi connectivity index (χ4v) is 0.913. The molecule has 0 fully saturated rings. The van der Waals surface area contributed by atoms with E-state index < -0.39 is 15.8 Å². The van der Waals surface area contributed by atoms with E-state index in [1.165, 1.54) is 6.92 Å². The van der Waals surface area contributed by atoms with E-state index >= 15 is 0 Å². The second-order valence-electron chi connectivity index (χ2n) is 2.74. The quantitative estimate of drug-likeness (QED) is 0.470. The van der Waals surface area contributed by atoms with Crippen molar-refractivity contribution in [2.75, 3.05) is 18.6 Å². The van der Waals surface area contributed by atoms with Crippen molar-refractivity contribution in [2.45, 2.75) is 6.92 Å². The summed E-state index contributed by atoms with van der Waals surface area (Å²) in [7, 11) is -3.12. The van der Waals surface area contributed by atoms with Crippen molar-refractivity contribution >= 4 is 21.6 Å². The van der Waals surface area contributed by atoms with Gasteiger partial charge in [-0.3, -0.25) is 4.79 Å². The molecular weight excluding hydrogens is 208 g/mol. The Morgan fingerprint density at radius 1 is 1.29 bits per heavy atom. The molecular formula is C8H12O5S. The van der Waals surface area contributed by atoms with E-state index in [-0.39, 0.29) is 18.1 Å². The number of ketones is 1. The normalized spacial score (nSPS) is 11.6. The average Bonchev–Trinajstić information content (AvgIpc) is 1.98. The predicted octanol–water partition coefficient (Wildman–Crippen LogP) is -0.281. The standard InChI is InChI=1S/C8H12O5S/c1-7(9)3-4-8(10)13-5-6-14(2,11)12/h3-4H,5-6H2,1-2H3/b4-3+. The van der Waals surface area contributed by atoms with E-state index in [9.17, 15) is 18.0 Å². The summed E-state index contributed by atoms with van der Waals surface area (Å²) in [4.78, 5) is 21.2. The summed E-state index contributed by atoms with van der Waals surface area (Å²) in [5, 5.41) is 0. The molecule has 0 saturated carbocycles. The Morgan fingerprint density at radius 3 is 2.29 bits per heavy atom. The minimum absolute atomic E-state index is 0.195. The van der Waals surface area contributed by atoms with Crippen molar-refractivity contribution in [3.05, 3.63) is 12.2 Å². The van der Waals surface area contributed by atoms with Crippen LogP contribution in [0.3, 0.4) is 0 Å². The number of hydrogen-bond acceptors (Lipinski definition) is 5. The summed E-state index contributed by atoms with van der Waals surface area (Å²) in [6.45, 7) is 1.10. The SMILES string of the molecule is CC(=O)/C=C/C(=O)OCCS(C)(=O)=O. The maximum atomic E-state index is 10.8. The Labute approximate surface area is 82.7 Å². The van der Waals surface area contributed by atoms with Crippen molar-refractivity contribution < 1.29 is 22.7 Å². The van der Waals surface area contributed by atoms with E-state index in [4.69, 9.17) is 0 Å². The van der Waals surface area contributed by atoms with Crippen LogP contribution in [0.4, 0.5) is 0 Å². The molecule has 14 heavy (non-hydrogen) atoms. The molecule has 0 saturated heterocycles. The molecule has 0 unspecified atom stereocenters. The Balaban J connectivity index is 3.82. The van der Waals surface area contributed by atoms with Gasteiger partial charge < -0.3 is 4.74 Å². The zero-order valence-electron chi connectivity index (χ0n) is 8.02. The highest BCUT2D eigenvalue weighted by atomic mass is 32.2. The van der Waals surface area contributed by atoms with Crippen molar-refractivity contribution in [3.8, 4) is 0 Å². The summed E-state index contributed by atoms with van der Waals surface area (Å²) < 4.78 is 25.7. The molecule has 0 aromatic carbocycles. The summed E-state index contributed by atoms with van der Waals surface area (Å²) in [6.07, 6.45) is 3.07. The number of carbonyl (C=O) groups is 2. The van der Waals surface area contributed by atoms with Gasteiger partial charge in [0.15, 0.2) is 15.6 Å². The third kappa shape index (κ3) is 8.92. The van der Waals surface area contributed by atoms with Crippen LogP contribution in [0.2, 0.25) is 0 Å². The van der Waals surface area contributed by atoms with Crippen LogP contribution in [0.15, 0.2) is 12.2 Å². The van der Waals surface area contributed by atoms with Crippen LogP contribution in [0.5, 0.6) is 0 Å². The van der Waals surface area contributed by atoms with Crippen molar-refractivity contribution in [1.82, 2.24) is 0 Å². The second-order valence-corrected chi connectivity index (χ2v) is 5.00. The molecule has 0 radical (unpaired) electrons. The van der Waals surface area contributed by atoms with Gasteiger partial charge >= 0.3 is 5.97 Å². The summed E-state index contributed by atoms with van der Waals surface area (Å²) in [5.41, 5.74) is 0. The van der Waals surface area contributed by atoms with Gasteiger partial charge in [-0.05, 0) is 13.0 Å². The molecule has 0 amide bonds. The van der Waals surface area contributed by atoms with E-state index in [0.29, 0.717) is 0 Å². The first-order chi connectivity index (χ1) is 6.31. The van der Waals surface area contributed by atoms with E-state index in [1.54, 1.807) is 0 Å². The van der Waals surface area contributed by atoms with Crippen LogP contribution in [0.1, 0.15) is 6.92 Å². The van der Waals surface area contributed by atoms with Crippen LogP contribution < -0.4 is 0 Å².